The van der Waals surface area contributed by atoms with Crippen molar-refractivity contribution < 1.29 is 14.3 Å². The Morgan fingerprint density at radius 1 is 1.13 bits per heavy atom. The highest BCUT2D eigenvalue weighted by atomic mass is 16.5. The Kier molecular flexibility index (Phi) is 5.70. The maximum Gasteiger partial charge on any atom is 0.228 e. The van der Waals surface area contributed by atoms with Gasteiger partial charge in [-0.3, -0.25) is 9.59 Å². The molecule has 0 radical (unpaired) electrons. The molecular formula is C23H25N5O3. The molecule has 0 aliphatic carbocycles. The first-order chi connectivity index (χ1) is 15.0. The molecule has 4 rings (SSSR count). The number of carbonyl (C=O) groups excluding carboxylic acids is 2. The first kappa shape index (κ1) is 20.6. The highest BCUT2D eigenvalue weighted by molar-refractivity contribution is 6.00. The number of methoxy groups -OCH3 is 1. The molecule has 3 aromatic rings. The van der Waals surface area contributed by atoms with Crippen molar-refractivity contribution in [3.63, 3.8) is 0 Å². The molecule has 0 spiro atoms. The van der Waals surface area contributed by atoms with Crippen molar-refractivity contribution >= 4 is 17.5 Å². The Hall–Kier alpha value is -3.68. The average molecular weight is 419 g/mol. The van der Waals surface area contributed by atoms with E-state index in [1.807, 2.05) is 55.5 Å². The van der Waals surface area contributed by atoms with Gasteiger partial charge in [0.25, 0.3) is 0 Å². The molecule has 2 heterocycles. The van der Waals surface area contributed by atoms with Gasteiger partial charge in [-0.15, -0.1) is 0 Å². The second-order valence-corrected chi connectivity index (χ2v) is 7.66. The van der Waals surface area contributed by atoms with E-state index in [1.54, 1.807) is 35.0 Å². The number of anilines is 1. The molecule has 2 aromatic carbocycles. The molecule has 1 aliphatic rings. The van der Waals surface area contributed by atoms with Crippen molar-refractivity contribution in [2.45, 2.75) is 19.4 Å². The van der Waals surface area contributed by atoms with Crippen molar-refractivity contribution in [3.8, 4) is 11.4 Å². The Balaban J connectivity index is 1.43. The van der Waals surface area contributed by atoms with E-state index in [-0.39, 0.29) is 30.2 Å². The zero-order valence-electron chi connectivity index (χ0n) is 17.8. The summed E-state index contributed by atoms with van der Waals surface area (Å²) in [5.74, 6) is 0.293. The van der Waals surface area contributed by atoms with E-state index >= 15 is 0 Å². The Bertz CT molecular complexity index is 1050. The van der Waals surface area contributed by atoms with Crippen LogP contribution in [0.5, 0.6) is 5.75 Å². The topological polar surface area (TPSA) is 80.6 Å². The summed E-state index contributed by atoms with van der Waals surface area (Å²) < 4.78 is 6.86. The summed E-state index contributed by atoms with van der Waals surface area (Å²) in [6.07, 6.45) is 3.34. The highest BCUT2D eigenvalue weighted by Crippen LogP contribution is 2.30. The smallest absolute Gasteiger partial charge is 0.228 e. The second-order valence-electron chi connectivity index (χ2n) is 7.66. The Morgan fingerprint density at radius 2 is 1.81 bits per heavy atom. The third-order valence-electron chi connectivity index (χ3n) is 5.85. The van der Waals surface area contributed by atoms with E-state index in [0.717, 1.165) is 22.7 Å². The highest BCUT2D eigenvalue weighted by Gasteiger charge is 2.37. The summed E-state index contributed by atoms with van der Waals surface area (Å²) >= 11 is 0. The second kappa shape index (κ2) is 8.59. The first-order valence-electron chi connectivity index (χ1n) is 10.1. The number of carbonyl (C=O) groups is 2. The minimum absolute atomic E-state index is 0.0304. The van der Waals surface area contributed by atoms with Gasteiger partial charge >= 0.3 is 0 Å². The fraction of sp³-hybridized carbons (Fsp3) is 0.304. The number of ether oxygens (including phenoxy) is 1. The predicted molar refractivity (Wildman–Crippen MR) is 116 cm³/mol. The van der Waals surface area contributed by atoms with Gasteiger partial charge in [-0.2, -0.15) is 5.10 Å². The van der Waals surface area contributed by atoms with Crippen LogP contribution in [0.3, 0.4) is 0 Å². The molecule has 2 amide bonds. The number of benzene rings is 2. The molecule has 31 heavy (non-hydrogen) atoms. The predicted octanol–water partition coefficient (Wildman–Crippen LogP) is 2.85. The average Bonchev–Trinajstić information content (AvgIpc) is 3.48. The minimum Gasteiger partial charge on any atom is -0.497 e. The summed E-state index contributed by atoms with van der Waals surface area (Å²) in [5, 5.41) is 4.12. The van der Waals surface area contributed by atoms with E-state index in [9.17, 15) is 9.59 Å². The van der Waals surface area contributed by atoms with Gasteiger partial charge in [-0.05, 0) is 48.9 Å². The van der Waals surface area contributed by atoms with Gasteiger partial charge in [0.1, 0.15) is 18.4 Å². The number of amides is 2. The maximum atomic E-state index is 13.1. The van der Waals surface area contributed by atoms with Gasteiger partial charge in [0.05, 0.1) is 24.8 Å². The normalized spacial score (nSPS) is 16.9. The van der Waals surface area contributed by atoms with Crippen LogP contribution in [0.15, 0.2) is 61.2 Å². The van der Waals surface area contributed by atoms with E-state index in [2.05, 4.69) is 10.1 Å². The van der Waals surface area contributed by atoms with E-state index in [4.69, 9.17) is 4.74 Å². The third-order valence-corrected chi connectivity index (χ3v) is 5.85. The van der Waals surface area contributed by atoms with Crippen LogP contribution in [-0.4, -0.2) is 52.2 Å². The fourth-order valence-electron chi connectivity index (χ4n) is 3.83. The monoisotopic (exact) mass is 419 g/mol. The van der Waals surface area contributed by atoms with Crippen molar-refractivity contribution in [3.05, 3.63) is 66.7 Å². The molecule has 8 heteroatoms. The van der Waals surface area contributed by atoms with Crippen molar-refractivity contribution in [1.29, 1.82) is 0 Å². The van der Waals surface area contributed by atoms with Crippen LogP contribution in [0.2, 0.25) is 0 Å². The van der Waals surface area contributed by atoms with Gasteiger partial charge in [-0.1, -0.05) is 12.1 Å². The quantitative estimate of drug-likeness (QED) is 0.614. The molecular weight excluding hydrogens is 394 g/mol. The van der Waals surface area contributed by atoms with Crippen molar-refractivity contribution in [2.24, 2.45) is 5.92 Å². The molecule has 1 fully saturated rings. The molecule has 160 valence electrons. The van der Waals surface area contributed by atoms with Crippen molar-refractivity contribution in [1.82, 2.24) is 19.7 Å². The molecule has 2 unspecified atom stereocenters. The van der Waals surface area contributed by atoms with Crippen LogP contribution in [0.1, 0.15) is 24.9 Å². The van der Waals surface area contributed by atoms with E-state index in [0.29, 0.717) is 6.54 Å². The number of hydrogen-bond donors (Lipinski definition) is 0. The van der Waals surface area contributed by atoms with Gasteiger partial charge in [0.15, 0.2) is 0 Å². The molecule has 1 aromatic heterocycles. The third kappa shape index (κ3) is 4.14. The molecule has 0 N–H and O–H groups in total. The van der Waals surface area contributed by atoms with Crippen LogP contribution in [-0.2, 0) is 9.59 Å². The maximum absolute atomic E-state index is 13.1. The first-order valence-corrected chi connectivity index (χ1v) is 10.1. The van der Waals surface area contributed by atoms with E-state index < -0.39 is 0 Å². The lowest BCUT2D eigenvalue weighted by molar-refractivity contribution is -0.136. The van der Waals surface area contributed by atoms with Crippen LogP contribution in [0, 0.1) is 5.92 Å². The van der Waals surface area contributed by atoms with Crippen LogP contribution >= 0.6 is 0 Å². The number of hydrogen-bond acceptors (Lipinski definition) is 5. The molecule has 1 saturated heterocycles. The number of rotatable bonds is 6. The van der Waals surface area contributed by atoms with Crippen LogP contribution in [0.4, 0.5) is 5.69 Å². The van der Waals surface area contributed by atoms with E-state index in [1.165, 1.54) is 6.33 Å². The Labute approximate surface area is 181 Å². The molecule has 0 saturated carbocycles. The molecule has 8 nitrogen and oxygen atoms in total. The lowest BCUT2D eigenvalue weighted by Gasteiger charge is -2.28. The summed E-state index contributed by atoms with van der Waals surface area (Å²) in [4.78, 5) is 33.1. The lowest BCUT2D eigenvalue weighted by Crippen LogP contribution is -2.36. The summed E-state index contributed by atoms with van der Waals surface area (Å²) in [5.41, 5.74) is 2.69. The lowest BCUT2D eigenvalue weighted by atomic mass is 10.0. The SMILES string of the molecule is COc1ccc(N2CC(C(=O)N(C)C(C)c3ccc(-n4cncn4)cc3)CC2=O)cc1. The summed E-state index contributed by atoms with van der Waals surface area (Å²) in [6, 6.07) is 15.0. The standard InChI is InChI=1S/C23H25N5O3/c1-16(17-4-6-20(7-5-17)28-15-24-14-25-28)26(2)23(30)18-12-22(29)27(13-18)19-8-10-21(31-3)11-9-19/h4-11,14-16,18H,12-13H2,1-3H3. The summed E-state index contributed by atoms with van der Waals surface area (Å²) in [7, 11) is 3.39. The van der Waals surface area contributed by atoms with Crippen LogP contribution < -0.4 is 9.64 Å². The zero-order chi connectivity index (χ0) is 22.0. The van der Waals surface area contributed by atoms with Gasteiger partial charge < -0.3 is 14.5 Å². The Morgan fingerprint density at radius 3 is 2.42 bits per heavy atom. The molecule has 1 aliphatic heterocycles. The summed E-state index contributed by atoms with van der Waals surface area (Å²) in [6.45, 7) is 2.37. The number of aromatic nitrogens is 3. The van der Waals surface area contributed by atoms with Gasteiger partial charge in [-0.25, -0.2) is 9.67 Å². The van der Waals surface area contributed by atoms with Crippen LogP contribution in [0.25, 0.3) is 5.69 Å². The fourth-order valence-corrected chi connectivity index (χ4v) is 3.83. The minimum atomic E-state index is -0.364. The van der Waals surface area contributed by atoms with Gasteiger partial charge in [0, 0.05) is 25.7 Å². The van der Waals surface area contributed by atoms with Crippen molar-refractivity contribution in [2.75, 3.05) is 25.6 Å². The largest absolute Gasteiger partial charge is 0.497 e. The number of nitrogens with zero attached hydrogens (tertiary/aromatic N) is 5. The zero-order valence-corrected chi connectivity index (χ0v) is 17.8. The van der Waals surface area contributed by atoms with Gasteiger partial charge in [0.2, 0.25) is 11.8 Å². The molecule has 2 atom stereocenters. The molecule has 0 bridgehead atoms.